The van der Waals surface area contributed by atoms with E-state index in [-0.39, 0.29) is 12.8 Å². The summed E-state index contributed by atoms with van der Waals surface area (Å²) in [5, 5.41) is 0. The van der Waals surface area contributed by atoms with Crippen molar-refractivity contribution in [3.8, 4) is 0 Å². The molecule has 4 nitrogen and oxygen atoms in total. The molecule has 5 heteroatoms. The summed E-state index contributed by atoms with van der Waals surface area (Å²) < 4.78 is 19.9. The Bertz CT molecular complexity index is 1480. The number of fused-ring (bicyclic) bond motifs is 4. The number of hydrogen-bond donors (Lipinski definition) is 0. The molecule has 196 valence electrons. The Hall–Kier alpha value is -3.34. The first-order valence-corrected chi connectivity index (χ1v) is 15.2. The highest BCUT2D eigenvalue weighted by atomic mass is 16.7. The van der Waals surface area contributed by atoms with E-state index in [0.717, 1.165) is 62.1 Å². The van der Waals surface area contributed by atoms with Crippen molar-refractivity contribution in [1.82, 2.24) is 4.90 Å². The maximum absolute atomic E-state index is 6.73. The average molecular weight is 515 g/mol. The first-order chi connectivity index (χ1) is 19.3. The van der Waals surface area contributed by atoms with Crippen LogP contribution >= 0.6 is 0 Å². The molecule has 0 fully saturated rings. The SMILES string of the molecule is C1=CC2=CC(N3C4=C(CC5C=CCCC5=C4)B4C5=C(OC6=C(C=CCC6)O5)OC5CCCC3=C45)CCC2C=C1. The van der Waals surface area contributed by atoms with Gasteiger partial charge >= 0.3 is 5.95 Å². The zero-order valence-electron chi connectivity index (χ0n) is 22.4. The van der Waals surface area contributed by atoms with Crippen molar-refractivity contribution >= 4 is 6.71 Å². The van der Waals surface area contributed by atoms with E-state index in [2.05, 4.69) is 65.7 Å². The molecule has 0 amide bonds. The molecule has 39 heavy (non-hydrogen) atoms. The Morgan fingerprint density at radius 3 is 2.87 bits per heavy atom. The summed E-state index contributed by atoms with van der Waals surface area (Å²) in [6.07, 6.45) is 34.4. The van der Waals surface area contributed by atoms with Crippen molar-refractivity contribution in [3.63, 3.8) is 0 Å². The molecule has 0 aromatic carbocycles. The summed E-state index contributed by atoms with van der Waals surface area (Å²) in [4.78, 5) is 2.76. The lowest BCUT2D eigenvalue weighted by atomic mass is 9.32. The van der Waals surface area contributed by atoms with Gasteiger partial charge in [-0.3, -0.25) is 0 Å². The third-order valence-electron chi connectivity index (χ3n) is 10.2. The molecular weight excluding hydrogens is 481 g/mol. The molecule has 0 radical (unpaired) electrons. The summed E-state index contributed by atoms with van der Waals surface area (Å²) >= 11 is 0. The first kappa shape index (κ1) is 22.5. The van der Waals surface area contributed by atoms with Gasteiger partial charge in [-0.2, -0.15) is 0 Å². The number of hydrogen-bond acceptors (Lipinski definition) is 4. The van der Waals surface area contributed by atoms with Crippen LogP contribution in [0.5, 0.6) is 0 Å². The third-order valence-corrected chi connectivity index (χ3v) is 10.2. The first-order valence-electron chi connectivity index (χ1n) is 15.2. The van der Waals surface area contributed by atoms with Gasteiger partial charge in [0, 0.05) is 29.7 Å². The van der Waals surface area contributed by atoms with Gasteiger partial charge in [-0.05, 0) is 81.0 Å². The van der Waals surface area contributed by atoms with Gasteiger partial charge in [-0.1, -0.05) is 59.7 Å². The van der Waals surface area contributed by atoms with Crippen molar-refractivity contribution in [3.05, 3.63) is 117 Å². The van der Waals surface area contributed by atoms with Gasteiger partial charge in [0.05, 0.1) is 6.04 Å². The number of allylic oxidation sites excluding steroid dienone is 14. The number of ether oxygens (including phenoxy) is 3. The fourth-order valence-corrected chi connectivity index (χ4v) is 8.41. The Balaban J connectivity index is 1.22. The molecule has 0 N–H and O–H groups in total. The zero-order valence-corrected chi connectivity index (χ0v) is 22.4. The molecule has 0 aromatic heterocycles. The number of nitrogens with zero attached hydrogens (tertiary/aromatic N) is 1. The van der Waals surface area contributed by atoms with Crippen LogP contribution < -0.4 is 0 Å². The van der Waals surface area contributed by atoms with Crippen LogP contribution in [0.15, 0.2) is 117 Å². The molecule has 0 aromatic rings. The molecule has 0 bridgehead atoms. The predicted octanol–water partition coefficient (Wildman–Crippen LogP) is 7.41. The van der Waals surface area contributed by atoms with Crippen LogP contribution in [-0.2, 0) is 14.2 Å². The van der Waals surface area contributed by atoms with Crippen LogP contribution in [-0.4, -0.2) is 23.8 Å². The highest BCUT2D eigenvalue weighted by Crippen LogP contribution is 2.53. The molecule has 0 saturated carbocycles. The summed E-state index contributed by atoms with van der Waals surface area (Å²) in [7, 11) is 0. The molecule has 0 spiro atoms. The van der Waals surface area contributed by atoms with Crippen LogP contribution in [0.25, 0.3) is 0 Å². The Kier molecular flexibility index (Phi) is 4.95. The van der Waals surface area contributed by atoms with E-state index in [1.54, 1.807) is 5.57 Å². The van der Waals surface area contributed by atoms with Crippen LogP contribution in [0.4, 0.5) is 0 Å². The maximum Gasteiger partial charge on any atom is 0.315 e. The summed E-state index contributed by atoms with van der Waals surface area (Å²) in [5.41, 5.74) is 9.84. The van der Waals surface area contributed by atoms with E-state index in [1.165, 1.54) is 47.2 Å². The summed E-state index contributed by atoms with van der Waals surface area (Å²) in [6.45, 7) is 0.110. The summed E-state index contributed by atoms with van der Waals surface area (Å²) in [6, 6.07) is 0.377. The lowest BCUT2D eigenvalue weighted by Crippen LogP contribution is -2.51. The largest absolute Gasteiger partial charge is 0.460 e. The maximum atomic E-state index is 6.73. The number of rotatable bonds is 1. The molecule has 6 aliphatic carbocycles. The molecular formula is C34H34BNO3. The topological polar surface area (TPSA) is 30.9 Å². The quantitative estimate of drug-likeness (QED) is 0.269. The van der Waals surface area contributed by atoms with Crippen molar-refractivity contribution in [1.29, 1.82) is 0 Å². The van der Waals surface area contributed by atoms with Crippen molar-refractivity contribution in [2.75, 3.05) is 0 Å². The fraction of sp³-hybridized carbons (Fsp3) is 0.412. The zero-order chi connectivity index (χ0) is 25.5. The van der Waals surface area contributed by atoms with E-state index in [0.29, 0.717) is 23.8 Å². The van der Waals surface area contributed by atoms with E-state index in [1.807, 2.05) is 0 Å². The smallest absolute Gasteiger partial charge is 0.315 e. The van der Waals surface area contributed by atoms with Gasteiger partial charge < -0.3 is 19.1 Å². The van der Waals surface area contributed by atoms with Gasteiger partial charge in [-0.25, -0.2) is 0 Å². The second-order valence-corrected chi connectivity index (χ2v) is 12.4. The molecule has 3 aliphatic heterocycles. The van der Waals surface area contributed by atoms with E-state index in [4.69, 9.17) is 14.2 Å². The Labute approximate surface area is 231 Å². The fourth-order valence-electron chi connectivity index (χ4n) is 8.41. The van der Waals surface area contributed by atoms with E-state index >= 15 is 0 Å². The standard InChI is InChI=1S/C34H34BNO3/c1-2-9-22-18-25(17-16-21(22)8-1)36-27-12-7-15-31-32(27)35(26-19-23-10-3-4-11-24(23)20-28(26)36)33-34(39-31)38-30-14-6-5-13-29(30)37-33/h1-3,5,8-10,13,18,20-21,23,25,31H,4,6-7,11-12,14-17,19H2. The van der Waals surface area contributed by atoms with Gasteiger partial charge in [-0.15, -0.1) is 0 Å². The molecule has 4 atom stereocenters. The van der Waals surface area contributed by atoms with Gasteiger partial charge in [0.15, 0.2) is 17.2 Å². The van der Waals surface area contributed by atoms with Crippen molar-refractivity contribution in [2.24, 2.45) is 11.8 Å². The highest BCUT2D eigenvalue weighted by molar-refractivity contribution is 6.81. The lowest BCUT2D eigenvalue weighted by Gasteiger charge is -2.51. The third kappa shape index (κ3) is 3.38. The highest BCUT2D eigenvalue weighted by Gasteiger charge is 2.53. The van der Waals surface area contributed by atoms with Crippen LogP contribution in [0, 0.1) is 11.8 Å². The second-order valence-electron chi connectivity index (χ2n) is 12.4. The Morgan fingerprint density at radius 2 is 1.87 bits per heavy atom. The summed E-state index contributed by atoms with van der Waals surface area (Å²) in [5.74, 6) is 3.47. The predicted molar refractivity (Wildman–Crippen MR) is 152 cm³/mol. The minimum absolute atomic E-state index is 0.0627. The normalized spacial score (nSPS) is 33.6. The van der Waals surface area contributed by atoms with Crippen molar-refractivity contribution in [2.45, 2.75) is 76.4 Å². The minimum Gasteiger partial charge on any atom is -0.460 e. The van der Waals surface area contributed by atoms with E-state index in [9.17, 15) is 0 Å². The van der Waals surface area contributed by atoms with Gasteiger partial charge in [0.25, 0.3) is 6.71 Å². The van der Waals surface area contributed by atoms with Crippen LogP contribution in [0.3, 0.4) is 0 Å². The minimum atomic E-state index is 0.0627. The average Bonchev–Trinajstić information content (AvgIpc) is 2.99. The monoisotopic (exact) mass is 515 g/mol. The van der Waals surface area contributed by atoms with Crippen LogP contribution in [0.2, 0.25) is 0 Å². The molecule has 9 aliphatic rings. The molecule has 4 unspecified atom stereocenters. The Morgan fingerprint density at radius 1 is 0.897 bits per heavy atom. The lowest BCUT2D eigenvalue weighted by molar-refractivity contribution is -0.00822. The van der Waals surface area contributed by atoms with Crippen molar-refractivity contribution < 1.29 is 14.2 Å². The van der Waals surface area contributed by atoms with Gasteiger partial charge in [0.1, 0.15) is 6.10 Å². The second kappa shape index (κ2) is 8.58. The molecule has 0 saturated heterocycles. The van der Waals surface area contributed by atoms with Gasteiger partial charge in [0.2, 0.25) is 0 Å². The van der Waals surface area contributed by atoms with E-state index < -0.39 is 0 Å². The molecule has 3 heterocycles. The molecule has 9 rings (SSSR count). The van der Waals surface area contributed by atoms with Crippen LogP contribution in [0.1, 0.15) is 64.2 Å².